The number of nitrogens with zero attached hydrogens (tertiary/aromatic N) is 4. The third-order valence-corrected chi connectivity index (χ3v) is 4.57. The van der Waals surface area contributed by atoms with Crippen LogP contribution in [-0.4, -0.2) is 52.7 Å². The molecular weight excluding hydrogens is 408 g/mol. The van der Waals surface area contributed by atoms with E-state index in [1.165, 1.54) is 0 Å². The van der Waals surface area contributed by atoms with E-state index in [1.807, 2.05) is 32.9 Å². The van der Waals surface area contributed by atoms with Gasteiger partial charge in [-0.3, -0.25) is 0 Å². The first-order valence-electron chi connectivity index (χ1n) is 8.07. The zero-order valence-corrected chi connectivity index (χ0v) is 16.8. The van der Waals surface area contributed by atoms with E-state index in [-0.39, 0.29) is 6.09 Å². The van der Waals surface area contributed by atoms with Gasteiger partial charge in [-0.2, -0.15) is 0 Å². The van der Waals surface area contributed by atoms with Crippen LogP contribution in [0, 0.1) is 0 Å². The van der Waals surface area contributed by atoms with Crippen molar-refractivity contribution >= 4 is 50.5 Å². The second kappa shape index (κ2) is 6.96. The number of carbonyl (C=O) groups is 1. The van der Waals surface area contributed by atoms with E-state index in [9.17, 15) is 4.79 Å². The second-order valence-electron chi connectivity index (χ2n) is 6.94. The van der Waals surface area contributed by atoms with Crippen LogP contribution in [0.25, 0.3) is 11.0 Å². The van der Waals surface area contributed by atoms with Gasteiger partial charge in [-0.25, -0.2) is 14.8 Å². The lowest BCUT2D eigenvalue weighted by atomic mass is 10.2. The standard InChI is InChI=1S/C17H20BrClN4O2/c1-17(2,3)25-16(24)23-6-4-22(5-7-23)14-9-13(19)12-8-11(18)10-20-15(12)21-14/h8-10H,4-7H2,1-3H3. The van der Waals surface area contributed by atoms with Crippen LogP contribution in [0.2, 0.25) is 5.02 Å². The zero-order valence-electron chi connectivity index (χ0n) is 14.4. The molecule has 1 fully saturated rings. The Bertz CT molecular complexity index is 801. The van der Waals surface area contributed by atoms with Crippen LogP contribution < -0.4 is 4.90 Å². The summed E-state index contributed by atoms with van der Waals surface area (Å²) in [5.41, 5.74) is 0.127. The van der Waals surface area contributed by atoms with Gasteiger partial charge in [0.2, 0.25) is 0 Å². The van der Waals surface area contributed by atoms with Gasteiger partial charge in [0.25, 0.3) is 0 Å². The fraction of sp³-hybridized carbons (Fsp3) is 0.471. The first-order chi connectivity index (χ1) is 11.7. The number of amides is 1. The van der Waals surface area contributed by atoms with Gasteiger partial charge >= 0.3 is 6.09 Å². The minimum absolute atomic E-state index is 0.275. The molecule has 1 amide bonds. The summed E-state index contributed by atoms with van der Waals surface area (Å²) in [4.78, 5) is 24.9. The number of rotatable bonds is 1. The Hall–Kier alpha value is -1.60. The molecule has 25 heavy (non-hydrogen) atoms. The van der Waals surface area contributed by atoms with Gasteiger partial charge in [-0.05, 0) is 42.8 Å². The predicted molar refractivity (Wildman–Crippen MR) is 102 cm³/mol. The molecule has 134 valence electrons. The molecule has 3 rings (SSSR count). The highest BCUT2D eigenvalue weighted by Gasteiger charge is 2.26. The molecule has 0 spiro atoms. The molecule has 1 aliphatic rings. The van der Waals surface area contributed by atoms with Gasteiger partial charge in [-0.15, -0.1) is 0 Å². The Morgan fingerprint density at radius 2 is 1.92 bits per heavy atom. The molecule has 2 aromatic heterocycles. The number of halogens is 2. The molecule has 0 bridgehead atoms. The van der Waals surface area contributed by atoms with Crippen molar-refractivity contribution < 1.29 is 9.53 Å². The van der Waals surface area contributed by atoms with Crippen LogP contribution in [-0.2, 0) is 4.74 Å². The summed E-state index contributed by atoms with van der Waals surface area (Å²) >= 11 is 9.79. The summed E-state index contributed by atoms with van der Waals surface area (Å²) in [6, 6.07) is 3.75. The Morgan fingerprint density at radius 3 is 2.56 bits per heavy atom. The normalized spacial score (nSPS) is 15.6. The molecule has 0 N–H and O–H groups in total. The van der Waals surface area contributed by atoms with E-state index >= 15 is 0 Å². The van der Waals surface area contributed by atoms with Crippen LogP contribution in [0.15, 0.2) is 22.8 Å². The van der Waals surface area contributed by atoms with Gasteiger partial charge < -0.3 is 14.5 Å². The summed E-state index contributed by atoms with van der Waals surface area (Å²) in [6.07, 6.45) is 1.43. The number of aromatic nitrogens is 2. The molecular formula is C17H20BrClN4O2. The maximum atomic E-state index is 12.2. The lowest BCUT2D eigenvalue weighted by molar-refractivity contribution is 0.0240. The fourth-order valence-electron chi connectivity index (χ4n) is 2.64. The van der Waals surface area contributed by atoms with Crippen molar-refractivity contribution in [3.63, 3.8) is 0 Å². The molecule has 8 heteroatoms. The summed E-state index contributed by atoms with van der Waals surface area (Å²) < 4.78 is 6.29. The van der Waals surface area contributed by atoms with Crippen molar-refractivity contribution in [2.24, 2.45) is 0 Å². The molecule has 0 aliphatic carbocycles. The van der Waals surface area contributed by atoms with E-state index in [1.54, 1.807) is 11.1 Å². The Kier molecular flexibility index (Phi) is 5.06. The minimum atomic E-state index is -0.485. The number of hydrogen-bond acceptors (Lipinski definition) is 5. The van der Waals surface area contributed by atoms with Crippen LogP contribution in [0.3, 0.4) is 0 Å². The predicted octanol–water partition coefficient (Wildman–Crippen LogP) is 4.10. The molecule has 6 nitrogen and oxygen atoms in total. The summed E-state index contributed by atoms with van der Waals surface area (Å²) in [5.74, 6) is 0.774. The molecule has 3 heterocycles. The molecule has 0 unspecified atom stereocenters. The number of piperazine rings is 1. The van der Waals surface area contributed by atoms with Crippen LogP contribution in [0.1, 0.15) is 20.8 Å². The maximum absolute atomic E-state index is 12.2. The lowest BCUT2D eigenvalue weighted by Gasteiger charge is -2.36. The molecule has 0 aromatic carbocycles. The van der Waals surface area contributed by atoms with Crippen molar-refractivity contribution in [3.8, 4) is 0 Å². The minimum Gasteiger partial charge on any atom is -0.444 e. The third kappa shape index (κ3) is 4.33. The largest absolute Gasteiger partial charge is 0.444 e. The molecule has 1 aliphatic heterocycles. The van der Waals surface area contributed by atoms with Gasteiger partial charge in [0.15, 0.2) is 5.65 Å². The highest BCUT2D eigenvalue weighted by molar-refractivity contribution is 9.10. The van der Waals surface area contributed by atoms with Gasteiger partial charge in [0, 0.05) is 48.3 Å². The van der Waals surface area contributed by atoms with Crippen LogP contribution in [0.5, 0.6) is 0 Å². The number of anilines is 1. The number of fused-ring (bicyclic) bond motifs is 1. The lowest BCUT2D eigenvalue weighted by Crippen LogP contribution is -2.50. The first kappa shape index (κ1) is 18.2. The van der Waals surface area contributed by atoms with Crippen molar-refractivity contribution in [1.29, 1.82) is 0 Å². The first-order valence-corrected chi connectivity index (χ1v) is 9.25. The second-order valence-corrected chi connectivity index (χ2v) is 8.26. The zero-order chi connectivity index (χ0) is 18.2. The number of hydrogen-bond donors (Lipinski definition) is 0. The molecule has 0 radical (unpaired) electrons. The Morgan fingerprint density at radius 1 is 1.24 bits per heavy atom. The highest BCUT2D eigenvalue weighted by Crippen LogP contribution is 2.28. The highest BCUT2D eigenvalue weighted by atomic mass is 79.9. The maximum Gasteiger partial charge on any atom is 0.410 e. The van der Waals surface area contributed by atoms with Crippen LogP contribution >= 0.6 is 27.5 Å². The van der Waals surface area contributed by atoms with Crippen molar-refractivity contribution in [3.05, 3.63) is 27.8 Å². The molecule has 0 atom stereocenters. The van der Waals surface area contributed by atoms with Gasteiger partial charge in [0.05, 0.1) is 5.02 Å². The van der Waals surface area contributed by atoms with Crippen molar-refractivity contribution in [2.75, 3.05) is 31.1 Å². The van der Waals surface area contributed by atoms with E-state index in [2.05, 4.69) is 30.8 Å². The monoisotopic (exact) mass is 426 g/mol. The topological polar surface area (TPSA) is 58.6 Å². The van der Waals surface area contributed by atoms with Gasteiger partial charge in [0.1, 0.15) is 11.4 Å². The average Bonchev–Trinajstić information content (AvgIpc) is 2.54. The van der Waals surface area contributed by atoms with Crippen molar-refractivity contribution in [1.82, 2.24) is 14.9 Å². The van der Waals surface area contributed by atoms with E-state index in [4.69, 9.17) is 16.3 Å². The van der Waals surface area contributed by atoms with Gasteiger partial charge in [-0.1, -0.05) is 11.6 Å². The summed E-state index contributed by atoms with van der Waals surface area (Å²) in [7, 11) is 0. The number of pyridine rings is 2. The Labute approximate surface area is 160 Å². The van der Waals surface area contributed by atoms with E-state index in [0.717, 1.165) is 15.7 Å². The average molecular weight is 428 g/mol. The number of ether oxygens (including phenoxy) is 1. The Balaban J connectivity index is 1.72. The summed E-state index contributed by atoms with van der Waals surface area (Å²) in [6.45, 7) is 8.11. The van der Waals surface area contributed by atoms with E-state index < -0.39 is 5.60 Å². The molecule has 1 saturated heterocycles. The van der Waals surface area contributed by atoms with Crippen molar-refractivity contribution in [2.45, 2.75) is 26.4 Å². The third-order valence-electron chi connectivity index (χ3n) is 3.82. The van der Waals surface area contributed by atoms with E-state index in [0.29, 0.717) is 36.8 Å². The molecule has 2 aromatic rings. The fourth-order valence-corrected chi connectivity index (χ4v) is 3.20. The SMILES string of the molecule is CC(C)(C)OC(=O)N1CCN(c2cc(Cl)c3cc(Br)cnc3n2)CC1. The number of carbonyl (C=O) groups excluding carboxylic acids is 1. The smallest absolute Gasteiger partial charge is 0.410 e. The van der Waals surface area contributed by atoms with Crippen LogP contribution in [0.4, 0.5) is 10.6 Å². The summed E-state index contributed by atoms with van der Waals surface area (Å²) in [5, 5.41) is 1.43. The quantitative estimate of drug-likeness (QED) is 0.686. The molecule has 0 saturated carbocycles.